The van der Waals surface area contributed by atoms with Crippen LogP contribution in [-0.2, 0) is 50.5 Å². The molecule has 0 spiro atoms. The summed E-state index contributed by atoms with van der Waals surface area (Å²) in [5.74, 6) is 0. The molecule has 1 atom stereocenters. The molecule has 0 amide bonds. The summed E-state index contributed by atoms with van der Waals surface area (Å²) >= 11 is 0. The van der Waals surface area contributed by atoms with E-state index < -0.39 is 36.0 Å². The van der Waals surface area contributed by atoms with E-state index >= 15 is 0 Å². The van der Waals surface area contributed by atoms with Gasteiger partial charge in [-0.25, -0.2) is 0 Å². The fourth-order valence-electron chi connectivity index (χ4n) is 3.29. The Morgan fingerprint density at radius 3 is 1.27 bits per heavy atom. The Balaban J connectivity index is -0.000000210. The first kappa shape index (κ1) is 42.1. The molecule has 0 unspecified atom stereocenters. The van der Waals surface area contributed by atoms with Crippen molar-refractivity contribution in [3.05, 3.63) is 68.6 Å². The smallest absolute Gasteiger partial charge is 0 e. The largest absolute Gasteiger partial charge is 0 e. The first-order valence-electron chi connectivity index (χ1n) is 8.39. The van der Waals surface area contributed by atoms with Crippen molar-refractivity contribution in [1.29, 1.82) is 0 Å². The second kappa shape index (κ2) is 20.3. The third kappa shape index (κ3) is 15.5. The summed E-state index contributed by atoms with van der Waals surface area (Å²) in [7, 11) is -3.17. The van der Waals surface area contributed by atoms with Crippen molar-refractivity contribution in [2.24, 2.45) is 4.76 Å². The monoisotopic (exact) mass is 685 g/mol. The first-order valence-corrected chi connectivity index (χ1v) is 16.9. The molecule has 0 aliphatic carbocycles. The molecular formula is C20H23F3NO5PSi2W. The molecule has 1 aliphatic rings. The predicted octanol–water partition coefficient (Wildman–Crippen LogP) is 5.80. The van der Waals surface area contributed by atoms with Gasteiger partial charge in [0.15, 0.2) is 0 Å². The molecule has 1 heterocycles. The van der Waals surface area contributed by atoms with Crippen LogP contribution in [-0.4, -0.2) is 26.5 Å². The van der Waals surface area contributed by atoms with E-state index in [0.29, 0.717) is 4.91 Å². The Labute approximate surface area is 210 Å². The molecule has 1 aromatic carbocycles. The van der Waals surface area contributed by atoms with Crippen molar-refractivity contribution in [2.75, 3.05) is 0 Å². The standard InChI is InChI=1S/C15H23F3NPSi2.5CO.W/c1-21(2,3)14(22(4,5)6)20-13(19-20)11-7-9-12(10-8-11)15(16,17)18;5*1-2;/h7-10,14H,1-6H3;;;;;;/t20-;;;;;;/m0....../s1. The molecule has 0 bridgehead atoms. The molecule has 1 aliphatic heterocycles. The molecule has 178 valence electrons. The maximum atomic E-state index is 12.6. The van der Waals surface area contributed by atoms with Gasteiger partial charge in [-0.15, -0.1) is 0 Å². The van der Waals surface area contributed by atoms with E-state index in [-0.39, 0.29) is 21.1 Å². The summed E-state index contributed by atoms with van der Waals surface area (Å²) in [4.78, 5) is 0.687. The fraction of sp³-hybridized carbons (Fsp3) is 0.400. The number of alkyl halides is 3. The third-order valence-corrected chi connectivity index (χ3v) is 19.8. The van der Waals surface area contributed by atoms with Gasteiger partial charge in [-0.2, -0.15) is 13.2 Å². The van der Waals surface area contributed by atoms with Gasteiger partial charge in [0.25, 0.3) is 0 Å². The molecule has 1 aromatic rings. The number of halogens is 3. The zero-order valence-corrected chi connectivity index (χ0v) is 24.7. The molecule has 0 aromatic heterocycles. The second-order valence-corrected chi connectivity index (χ2v) is 22.0. The minimum atomic E-state index is -4.27. The minimum absolute atomic E-state index is 0. The maximum absolute atomic E-state index is 12.6. The number of hydrogen-bond donors (Lipinski definition) is 0. The van der Waals surface area contributed by atoms with Gasteiger partial charge in [-0.3, -0.25) is 4.76 Å². The van der Waals surface area contributed by atoms with Crippen LogP contribution in [0.2, 0.25) is 39.3 Å². The Kier molecular flexibility index (Phi) is 25.9. The molecule has 2 rings (SSSR count). The van der Waals surface area contributed by atoms with Crippen LogP contribution in [0.1, 0.15) is 11.1 Å². The zero-order valence-electron chi connectivity index (χ0n) is 18.9. The van der Waals surface area contributed by atoms with Crippen molar-refractivity contribution in [3.8, 4) is 0 Å². The molecule has 13 heteroatoms. The average Bonchev–Trinajstić information content (AvgIpc) is 3.52. The zero-order chi connectivity index (χ0) is 26.9. The van der Waals surface area contributed by atoms with Crippen molar-refractivity contribution in [1.82, 2.24) is 0 Å². The summed E-state index contributed by atoms with van der Waals surface area (Å²) in [6.45, 7) is 36.8. The Morgan fingerprint density at radius 1 is 0.727 bits per heavy atom. The number of rotatable bonds is 4. The Hall–Kier alpha value is -1.07. The first-order chi connectivity index (χ1) is 14.8. The van der Waals surface area contributed by atoms with Gasteiger partial charge >= 0.3 is 62.7 Å². The van der Waals surface area contributed by atoms with Gasteiger partial charge in [-0.05, 0) is 17.0 Å². The van der Waals surface area contributed by atoms with Gasteiger partial charge in [0.1, 0.15) is 0 Å². The van der Waals surface area contributed by atoms with Crippen LogP contribution in [0.5, 0.6) is 0 Å². The fourth-order valence-corrected chi connectivity index (χ4v) is 21.8. The van der Waals surface area contributed by atoms with Gasteiger partial charge < -0.3 is 0 Å². The van der Waals surface area contributed by atoms with E-state index in [0.717, 1.165) is 11.0 Å². The summed E-state index contributed by atoms with van der Waals surface area (Å²) in [5, 5.41) is 0. The molecule has 33 heavy (non-hydrogen) atoms. The van der Waals surface area contributed by atoms with Crippen LogP contribution in [0, 0.1) is 33.3 Å². The summed E-state index contributed by atoms with van der Waals surface area (Å²) < 4.78 is 80.1. The topological polar surface area (TPSA) is 112 Å². The molecule has 0 N–H and O–H groups in total. The van der Waals surface area contributed by atoms with Crippen LogP contribution in [0.15, 0.2) is 29.0 Å². The Morgan fingerprint density at radius 2 is 1.03 bits per heavy atom. The van der Waals surface area contributed by atoms with Crippen LogP contribution >= 0.6 is 8.07 Å². The average molecular weight is 685 g/mol. The number of nitrogens with zero attached hydrogens (tertiary/aromatic N) is 1. The van der Waals surface area contributed by atoms with Gasteiger partial charge in [0.05, 0.1) is 35.2 Å². The molecule has 6 nitrogen and oxygen atoms in total. The van der Waals surface area contributed by atoms with Crippen LogP contribution < -0.4 is 0 Å². The molecule has 0 saturated carbocycles. The van der Waals surface area contributed by atoms with Crippen molar-refractivity contribution >= 4 is 29.7 Å². The molecule has 0 radical (unpaired) electrons. The molecular weight excluding hydrogens is 662 g/mol. The van der Waals surface area contributed by atoms with Gasteiger partial charge in [0, 0.05) is 26.6 Å². The predicted molar refractivity (Wildman–Crippen MR) is 115 cm³/mol. The van der Waals surface area contributed by atoms with Crippen LogP contribution in [0.3, 0.4) is 0 Å². The normalized spacial score (nSPS) is 13.2. The van der Waals surface area contributed by atoms with E-state index in [1.165, 1.54) is 12.1 Å². The van der Waals surface area contributed by atoms with Crippen molar-refractivity contribution in [3.63, 3.8) is 0 Å². The molecule has 0 fully saturated rings. The van der Waals surface area contributed by atoms with Gasteiger partial charge in [-0.1, -0.05) is 51.4 Å². The van der Waals surface area contributed by atoms with Crippen LogP contribution in [0.4, 0.5) is 13.2 Å². The van der Waals surface area contributed by atoms with Crippen molar-refractivity contribution < 1.29 is 57.5 Å². The maximum Gasteiger partial charge on any atom is 0 e. The molecule has 0 saturated heterocycles. The summed E-state index contributed by atoms with van der Waals surface area (Å²) in [6, 6.07) is 5.49. The minimum Gasteiger partial charge on any atom is 0 e. The number of benzene rings is 1. The quantitative estimate of drug-likeness (QED) is 0.165. The number of hydrogen-bond acceptors (Lipinski definition) is 1. The van der Waals surface area contributed by atoms with E-state index in [2.05, 4.69) is 72.5 Å². The van der Waals surface area contributed by atoms with Crippen LogP contribution in [0.25, 0.3) is 0 Å². The summed E-state index contributed by atoms with van der Waals surface area (Å²) in [5.41, 5.74) is 1.35. The SMILES string of the molecule is C[Si](C)(C)C([P@@]1N=C1c1ccc(C(F)(F)F)cc1)[Si](C)(C)C.[C-]#[O+].[C-]#[O+].[C-]#[O+].[C-]#[O+].[C-]#[O+].[W]. The van der Waals surface area contributed by atoms with Crippen molar-refractivity contribution in [2.45, 2.75) is 50.4 Å². The van der Waals surface area contributed by atoms with E-state index in [4.69, 9.17) is 28.0 Å². The van der Waals surface area contributed by atoms with E-state index in [9.17, 15) is 13.2 Å². The summed E-state index contributed by atoms with van der Waals surface area (Å²) in [6.07, 6.45) is -4.27. The van der Waals surface area contributed by atoms with E-state index in [1.807, 2.05) is 0 Å². The van der Waals surface area contributed by atoms with Gasteiger partial charge in [0.2, 0.25) is 0 Å². The Bertz CT molecular complexity index is 760. The second-order valence-electron chi connectivity index (χ2n) is 7.98. The third-order valence-electron chi connectivity index (χ3n) is 3.74. The van der Waals surface area contributed by atoms with E-state index in [1.54, 1.807) is 12.1 Å².